The van der Waals surface area contributed by atoms with E-state index < -0.39 is 47.5 Å². The third kappa shape index (κ3) is 7.77. The van der Waals surface area contributed by atoms with Crippen molar-refractivity contribution in [1.29, 1.82) is 0 Å². The molecule has 0 radical (unpaired) electrons. The summed E-state index contributed by atoms with van der Waals surface area (Å²) in [5, 5.41) is 8.01. The number of allylic oxidation sites excluding steroid dienone is 1. The van der Waals surface area contributed by atoms with Gasteiger partial charge in [-0.05, 0) is 56.4 Å². The first-order chi connectivity index (χ1) is 24.4. The highest BCUT2D eigenvalue weighted by Crippen LogP contribution is 2.34. The van der Waals surface area contributed by atoms with Crippen LogP contribution in [0.5, 0.6) is 0 Å². The summed E-state index contributed by atoms with van der Waals surface area (Å²) in [6, 6.07) is 6.92. The van der Waals surface area contributed by atoms with Crippen molar-refractivity contribution in [2.24, 2.45) is 5.73 Å². The number of nitrogens with zero attached hydrogens (tertiary/aromatic N) is 2. The van der Waals surface area contributed by atoms with Crippen molar-refractivity contribution in [2.45, 2.75) is 82.7 Å². The number of piperidine rings is 1. The molecule has 0 aromatic heterocycles. The minimum Gasteiger partial charge on any atom is -0.370 e. The van der Waals surface area contributed by atoms with Crippen molar-refractivity contribution in [3.05, 3.63) is 70.9 Å². The van der Waals surface area contributed by atoms with E-state index in [1.807, 2.05) is 0 Å². The number of primary amides is 1. The Morgan fingerprint density at radius 3 is 1.90 bits per heavy atom. The highest BCUT2D eigenvalue weighted by molar-refractivity contribution is 6.26. The van der Waals surface area contributed by atoms with Crippen LogP contribution in [0.1, 0.15) is 112 Å². The van der Waals surface area contributed by atoms with Crippen LogP contribution in [0.15, 0.2) is 48.7 Å². The zero-order valence-electron chi connectivity index (χ0n) is 27.8. The van der Waals surface area contributed by atoms with Gasteiger partial charge in [0.2, 0.25) is 23.6 Å². The normalized spacial score (nSPS) is 17.2. The fraction of sp³-hybridized carbons (Fsp3) is 0.361. The van der Waals surface area contributed by atoms with Crippen LogP contribution in [0.2, 0.25) is 0 Å². The summed E-state index contributed by atoms with van der Waals surface area (Å²) in [5.41, 5.74) is 6.25. The molecule has 0 aliphatic carbocycles. The van der Waals surface area contributed by atoms with Gasteiger partial charge in [0.05, 0.1) is 39.7 Å². The molecule has 15 nitrogen and oxygen atoms in total. The number of nitrogens with one attached hydrogen (secondary N) is 3. The maximum absolute atomic E-state index is 13.3. The molecule has 1 fully saturated rings. The number of fused-ring (bicyclic) bond motifs is 2. The van der Waals surface area contributed by atoms with E-state index in [1.54, 1.807) is 12.1 Å². The molecule has 8 amide bonds. The van der Waals surface area contributed by atoms with Crippen LogP contribution in [-0.4, -0.2) is 75.4 Å². The number of aldehydes is 1. The lowest BCUT2D eigenvalue weighted by Gasteiger charge is -2.29. The number of amides is 8. The minimum absolute atomic E-state index is 0.0166. The maximum atomic E-state index is 13.3. The highest BCUT2D eigenvalue weighted by atomic mass is 16.2. The molecule has 2 aromatic rings. The van der Waals surface area contributed by atoms with E-state index >= 15 is 0 Å². The molecule has 3 aliphatic heterocycles. The standard InChI is InChI=1S/C36H38N6O9/c1-20-15-17-26(32(47)38-20)42-34(49)23-10-8-12-25(31(23)36(42)51)40-29(46)14-6-4-2-3-5-13-28(45)39-24-11-7-9-22-30(24)35(50)41(33(22)48)21(19-43)16-18-27(37)44/h7-12,19,21,26H,1-6,13-18H2,(H2,37,44)(H,38,47)(H,39,45)(H,40,46). The van der Waals surface area contributed by atoms with Gasteiger partial charge >= 0.3 is 0 Å². The first kappa shape index (κ1) is 36.3. The van der Waals surface area contributed by atoms with Crippen LogP contribution in [0.3, 0.4) is 0 Å². The lowest BCUT2D eigenvalue weighted by molar-refractivity contribution is -0.125. The van der Waals surface area contributed by atoms with Crippen LogP contribution < -0.4 is 21.7 Å². The molecular formula is C36H38N6O9. The fourth-order valence-corrected chi connectivity index (χ4v) is 6.48. The number of hydrogen-bond donors (Lipinski definition) is 4. The van der Waals surface area contributed by atoms with Gasteiger partial charge in [0.15, 0.2) is 0 Å². The largest absolute Gasteiger partial charge is 0.370 e. The molecule has 2 unspecified atom stereocenters. The Morgan fingerprint density at radius 1 is 0.804 bits per heavy atom. The average Bonchev–Trinajstić information content (AvgIpc) is 3.50. The van der Waals surface area contributed by atoms with Gasteiger partial charge in [-0.15, -0.1) is 0 Å². The molecule has 51 heavy (non-hydrogen) atoms. The van der Waals surface area contributed by atoms with Crippen LogP contribution >= 0.6 is 0 Å². The third-order valence-corrected chi connectivity index (χ3v) is 9.06. The molecule has 2 aromatic carbocycles. The minimum atomic E-state index is -1.17. The van der Waals surface area contributed by atoms with Gasteiger partial charge in [0.1, 0.15) is 12.3 Å². The van der Waals surface area contributed by atoms with E-state index in [-0.39, 0.29) is 77.5 Å². The molecule has 15 heteroatoms. The van der Waals surface area contributed by atoms with Gasteiger partial charge < -0.3 is 26.5 Å². The molecule has 3 aliphatic rings. The second kappa shape index (κ2) is 15.7. The lowest BCUT2D eigenvalue weighted by Crippen LogP contribution is -2.51. The monoisotopic (exact) mass is 698 g/mol. The Balaban J connectivity index is 1.04. The van der Waals surface area contributed by atoms with Crippen molar-refractivity contribution in [2.75, 3.05) is 10.6 Å². The number of rotatable bonds is 16. The zero-order chi connectivity index (χ0) is 36.8. The summed E-state index contributed by atoms with van der Waals surface area (Å²) >= 11 is 0. The fourth-order valence-electron chi connectivity index (χ4n) is 6.48. The molecule has 1 saturated heterocycles. The number of benzene rings is 2. The molecule has 3 heterocycles. The predicted octanol–water partition coefficient (Wildman–Crippen LogP) is 2.81. The van der Waals surface area contributed by atoms with Crippen LogP contribution in [0.25, 0.3) is 0 Å². The van der Waals surface area contributed by atoms with E-state index in [2.05, 4.69) is 22.5 Å². The van der Waals surface area contributed by atoms with Crippen LogP contribution in [0.4, 0.5) is 11.4 Å². The topological polar surface area (TPSA) is 222 Å². The smallest absolute Gasteiger partial charge is 0.264 e. The summed E-state index contributed by atoms with van der Waals surface area (Å²) < 4.78 is 0. The van der Waals surface area contributed by atoms with Gasteiger partial charge in [-0.25, -0.2) is 0 Å². The Kier molecular flexibility index (Phi) is 11.2. The van der Waals surface area contributed by atoms with Crippen LogP contribution in [-0.2, 0) is 24.0 Å². The summed E-state index contributed by atoms with van der Waals surface area (Å²) in [7, 11) is 0. The summed E-state index contributed by atoms with van der Waals surface area (Å²) in [6.45, 7) is 3.73. The van der Waals surface area contributed by atoms with Crippen molar-refractivity contribution >= 4 is 64.9 Å². The number of anilines is 2. The summed E-state index contributed by atoms with van der Waals surface area (Å²) in [5.74, 6) is -4.49. The first-order valence-corrected chi connectivity index (χ1v) is 16.8. The number of hydrogen-bond acceptors (Lipinski definition) is 9. The van der Waals surface area contributed by atoms with E-state index in [4.69, 9.17) is 5.73 Å². The quantitative estimate of drug-likeness (QED) is 0.115. The number of carbonyl (C=O) groups excluding carboxylic acids is 9. The Morgan fingerprint density at radius 2 is 1.35 bits per heavy atom. The lowest BCUT2D eigenvalue weighted by atomic mass is 10.0. The van der Waals surface area contributed by atoms with Crippen molar-refractivity contribution in [1.82, 2.24) is 15.1 Å². The summed E-state index contributed by atoms with van der Waals surface area (Å²) in [4.78, 5) is 115. The van der Waals surface area contributed by atoms with Crippen molar-refractivity contribution < 1.29 is 43.2 Å². The van der Waals surface area contributed by atoms with Gasteiger partial charge in [-0.2, -0.15) is 0 Å². The number of imide groups is 2. The van der Waals surface area contributed by atoms with Crippen LogP contribution in [0, 0.1) is 0 Å². The molecule has 5 rings (SSSR count). The first-order valence-electron chi connectivity index (χ1n) is 16.8. The summed E-state index contributed by atoms with van der Waals surface area (Å²) in [6.07, 6.45) is 4.34. The van der Waals surface area contributed by atoms with E-state index in [0.717, 1.165) is 16.2 Å². The second-order valence-electron chi connectivity index (χ2n) is 12.6. The molecule has 2 atom stereocenters. The van der Waals surface area contributed by atoms with Gasteiger partial charge in [0.25, 0.3) is 23.6 Å². The molecule has 5 N–H and O–H groups in total. The molecule has 0 bridgehead atoms. The van der Waals surface area contributed by atoms with Crippen molar-refractivity contribution in [3.63, 3.8) is 0 Å². The van der Waals surface area contributed by atoms with Gasteiger partial charge in [0, 0.05) is 25.0 Å². The van der Waals surface area contributed by atoms with E-state index in [1.165, 1.54) is 24.3 Å². The molecular weight excluding hydrogens is 660 g/mol. The second-order valence-corrected chi connectivity index (χ2v) is 12.6. The average molecular weight is 699 g/mol. The Hall–Kier alpha value is -5.99. The molecule has 0 spiro atoms. The van der Waals surface area contributed by atoms with Gasteiger partial charge in [-0.3, -0.25) is 48.2 Å². The number of nitrogens with two attached hydrogens (primary N) is 1. The number of carbonyl (C=O) groups is 9. The predicted molar refractivity (Wildman–Crippen MR) is 182 cm³/mol. The van der Waals surface area contributed by atoms with E-state index in [0.29, 0.717) is 44.1 Å². The Bertz CT molecular complexity index is 1850. The molecule has 266 valence electrons. The zero-order valence-corrected chi connectivity index (χ0v) is 27.8. The third-order valence-electron chi connectivity index (χ3n) is 9.06. The molecule has 0 saturated carbocycles. The van der Waals surface area contributed by atoms with Gasteiger partial charge in [-0.1, -0.05) is 38.0 Å². The number of unbranched alkanes of at least 4 members (excludes halogenated alkanes) is 4. The van der Waals surface area contributed by atoms with Crippen molar-refractivity contribution in [3.8, 4) is 0 Å². The Labute approximate surface area is 293 Å². The SMILES string of the molecule is C=C1CCC(N2C(=O)c3cccc(NC(=O)CCCCCCCC(=O)Nc4cccc5c4C(=O)N(C(C=O)CCC(N)=O)C5=O)c3C2=O)C(=O)N1. The maximum Gasteiger partial charge on any atom is 0.264 e. The van der Waals surface area contributed by atoms with E-state index in [9.17, 15) is 43.2 Å². The highest BCUT2D eigenvalue weighted by Gasteiger charge is 2.45.